The van der Waals surface area contributed by atoms with E-state index < -0.39 is 0 Å². The number of hydrogen-bond donors (Lipinski definition) is 2. The molecule has 7 nitrogen and oxygen atoms in total. The number of oxazole rings is 1. The van der Waals surface area contributed by atoms with Gasteiger partial charge < -0.3 is 24.9 Å². The Bertz CT molecular complexity index is 933. The number of nitrogens with zero attached hydrogens (tertiary/aromatic N) is 2. The van der Waals surface area contributed by atoms with Crippen molar-refractivity contribution in [2.75, 3.05) is 19.5 Å². The van der Waals surface area contributed by atoms with Gasteiger partial charge in [0.15, 0.2) is 17.5 Å². The van der Waals surface area contributed by atoms with E-state index >= 15 is 0 Å². The summed E-state index contributed by atoms with van der Waals surface area (Å²) in [5.41, 5.74) is 9.51. The Morgan fingerprint density at radius 2 is 1.85 bits per heavy atom. The summed E-state index contributed by atoms with van der Waals surface area (Å²) in [5.74, 6) is 2.08. The van der Waals surface area contributed by atoms with Crippen LogP contribution in [0.15, 0.2) is 58.1 Å². The van der Waals surface area contributed by atoms with Crippen molar-refractivity contribution in [3.63, 3.8) is 0 Å². The molecule has 0 spiro atoms. The van der Waals surface area contributed by atoms with Gasteiger partial charge >= 0.3 is 0 Å². The molecule has 0 aliphatic rings. The molecule has 0 saturated heterocycles. The van der Waals surface area contributed by atoms with E-state index in [1.165, 1.54) is 5.56 Å². The number of guanidine groups is 1. The summed E-state index contributed by atoms with van der Waals surface area (Å²) >= 11 is 0. The number of rotatable bonds is 6. The van der Waals surface area contributed by atoms with E-state index in [1.807, 2.05) is 37.3 Å². The van der Waals surface area contributed by atoms with Gasteiger partial charge in [-0.15, -0.1) is 0 Å². The van der Waals surface area contributed by atoms with Gasteiger partial charge in [0.1, 0.15) is 12.0 Å². The van der Waals surface area contributed by atoms with Crippen molar-refractivity contribution in [3.05, 3.63) is 60.0 Å². The van der Waals surface area contributed by atoms with E-state index in [2.05, 4.69) is 15.3 Å². The van der Waals surface area contributed by atoms with Gasteiger partial charge in [-0.05, 0) is 31.2 Å². The summed E-state index contributed by atoms with van der Waals surface area (Å²) in [5, 5.41) is 3.02. The van der Waals surface area contributed by atoms with Gasteiger partial charge in [-0.2, -0.15) is 0 Å². The van der Waals surface area contributed by atoms with Crippen LogP contribution >= 0.6 is 0 Å². The van der Waals surface area contributed by atoms with Gasteiger partial charge in [0.25, 0.3) is 0 Å². The maximum atomic E-state index is 5.96. The summed E-state index contributed by atoms with van der Waals surface area (Å²) < 4.78 is 16.0. The third-order valence-electron chi connectivity index (χ3n) is 3.92. The van der Waals surface area contributed by atoms with Gasteiger partial charge in [-0.1, -0.05) is 17.7 Å². The van der Waals surface area contributed by atoms with Crippen LogP contribution in [0.2, 0.25) is 0 Å². The zero-order valence-corrected chi connectivity index (χ0v) is 15.5. The minimum absolute atomic E-state index is 0.266. The average Bonchev–Trinajstić information content (AvgIpc) is 3.16. The third-order valence-corrected chi connectivity index (χ3v) is 3.92. The van der Waals surface area contributed by atoms with Crippen LogP contribution in [-0.2, 0) is 6.54 Å². The fraction of sp³-hybridized carbons (Fsp3) is 0.200. The summed E-state index contributed by atoms with van der Waals surface area (Å²) in [4.78, 5) is 8.74. The molecule has 3 rings (SSSR count). The second-order valence-electron chi connectivity index (χ2n) is 5.91. The summed E-state index contributed by atoms with van der Waals surface area (Å²) in [7, 11) is 3.17. The topological polar surface area (TPSA) is 94.9 Å². The molecule has 0 bridgehead atoms. The molecule has 3 N–H and O–H groups in total. The molecule has 0 amide bonds. The van der Waals surface area contributed by atoms with Crippen LogP contribution in [0.4, 0.5) is 5.69 Å². The average molecular weight is 366 g/mol. The summed E-state index contributed by atoms with van der Waals surface area (Å²) in [6, 6.07) is 13.4. The number of nitrogens with two attached hydrogens (primary N) is 1. The van der Waals surface area contributed by atoms with E-state index in [1.54, 1.807) is 32.6 Å². The Hall–Kier alpha value is -3.48. The molecule has 1 aromatic heterocycles. The lowest BCUT2D eigenvalue weighted by Gasteiger charge is -2.10. The monoisotopic (exact) mass is 366 g/mol. The zero-order chi connectivity index (χ0) is 19.2. The van der Waals surface area contributed by atoms with Crippen molar-refractivity contribution >= 4 is 11.6 Å². The third kappa shape index (κ3) is 4.58. The highest BCUT2D eigenvalue weighted by Crippen LogP contribution is 2.29. The fourth-order valence-corrected chi connectivity index (χ4v) is 2.48. The molecule has 3 aromatic rings. The van der Waals surface area contributed by atoms with E-state index in [4.69, 9.17) is 19.6 Å². The number of methoxy groups -OCH3 is 2. The molecule has 0 aliphatic heterocycles. The van der Waals surface area contributed by atoms with Crippen molar-refractivity contribution in [2.24, 2.45) is 10.7 Å². The Kier molecular flexibility index (Phi) is 5.61. The standard InChI is InChI=1S/C20H22N4O3/c1-13-4-6-14(7-5-13)19-23-16(12-27-19)11-22-20(21)24-15-8-9-17(25-2)18(10-15)26-3/h4-10,12H,11H2,1-3H3,(H3,21,22,24). The Balaban J connectivity index is 1.65. The molecule has 2 aromatic carbocycles. The van der Waals surface area contributed by atoms with E-state index in [-0.39, 0.29) is 5.96 Å². The van der Waals surface area contributed by atoms with Gasteiger partial charge in [0.2, 0.25) is 5.89 Å². The number of aliphatic imine (C=N–C) groups is 1. The quantitative estimate of drug-likeness (QED) is 0.511. The predicted molar refractivity (Wildman–Crippen MR) is 105 cm³/mol. The molecule has 0 unspecified atom stereocenters. The highest BCUT2D eigenvalue weighted by atomic mass is 16.5. The van der Waals surface area contributed by atoms with Crippen molar-refractivity contribution in [1.29, 1.82) is 0 Å². The van der Waals surface area contributed by atoms with Crippen LogP contribution in [-0.4, -0.2) is 25.2 Å². The summed E-state index contributed by atoms with van der Waals surface area (Å²) in [6.45, 7) is 2.34. The first-order valence-electron chi connectivity index (χ1n) is 8.39. The van der Waals surface area contributed by atoms with Crippen LogP contribution in [0, 0.1) is 6.92 Å². The van der Waals surface area contributed by atoms with Crippen LogP contribution in [0.25, 0.3) is 11.5 Å². The Morgan fingerprint density at radius 1 is 1.11 bits per heavy atom. The maximum absolute atomic E-state index is 5.96. The second-order valence-corrected chi connectivity index (χ2v) is 5.91. The molecule has 0 fully saturated rings. The van der Waals surface area contributed by atoms with Gasteiger partial charge in [0, 0.05) is 17.3 Å². The lowest BCUT2D eigenvalue weighted by molar-refractivity contribution is 0.355. The van der Waals surface area contributed by atoms with Crippen molar-refractivity contribution < 1.29 is 13.9 Å². The minimum atomic E-state index is 0.266. The number of aromatic nitrogens is 1. The predicted octanol–water partition coefficient (Wildman–Crippen LogP) is 3.59. The lowest BCUT2D eigenvalue weighted by Crippen LogP contribution is -2.22. The lowest BCUT2D eigenvalue weighted by atomic mass is 10.1. The SMILES string of the molecule is COc1ccc(NC(N)=NCc2coc(-c3ccc(C)cc3)n2)cc1OC. The Morgan fingerprint density at radius 3 is 2.56 bits per heavy atom. The number of ether oxygens (including phenoxy) is 2. The second kappa shape index (κ2) is 8.27. The molecule has 0 aliphatic carbocycles. The molecular formula is C20H22N4O3. The van der Waals surface area contributed by atoms with E-state index in [9.17, 15) is 0 Å². The van der Waals surface area contributed by atoms with Crippen LogP contribution in [0.1, 0.15) is 11.3 Å². The largest absolute Gasteiger partial charge is 0.493 e. The van der Waals surface area contributed by atoms with Crippen molar-refractivity contribution in [3.8, 4) is 23.0 Å². The molecule has 0 saturated carbocycles. The van der Waals surface area contributed by atoms with E-state index in [0.717, 1.165) is 11.3 Å². The molecule has 1 heterocycles. The molecule has 0 radical (unpaired) electrons. The number of nitrogens with one attached hydrogen (secondary N) is 1. The van der Waals surface area contributed by atoms with Gasteiger partial charge in [-0.25, -0.2) is 9.98 Å². The summed E-state index contributed by atoms with van der Waals surface area (Å²) in [6.07, 6.45) is 1.59. The molecule has 27 heavy (non-hydrogen) atoms. The number of benzene rings is 2. The van der Waals surface area contributed by atoms with Gasteiger partial charge in [-0.3, -0.25) is 0 Å². The molecular weight excluding hydrogens is 344 g/mol. The van der Waals surface area contributed by atoms with Crippen molar-refractivity contribution in [1.82, 2.24) is 4.98 Å². The Labute approximate surface area is 157 Å². The smallest absolute Gasteiger partial charge is 0.226 e. The molecule has 140 valence electrons. The van der Waals surface area contributed by atoms with Gasteiger partial charge in [0.05, 0.1) is 20.8 Å². The van der Waals surface area contributed by atoms with E-state index in [0.29, 0.717) is 29.6 Å². The number of hydrogen-bond acceptors (Lipinski definition) is 5. The molecule has 0 atom stereocenters. The first kappa shape index (κ1) is 18.3. The van der Waals surface area contributed by atoms with Crippen LogP contribution in [0.5, 0.6) is 11.5 Å². The first-order chi connectivity index (χ1) is 13.1. The maximum Gasteiger partial charge on any atom is 0.226 e. The first-order valence-corrected chi connectivity index (χ1v) is 8.39. The number of anilines is 1. The highest BCUT2D eigenvalue weighted by molar-refractivity contribution is 5.92. The fourth-order valence-electron chi connectivity index (χ4n) is 2.48. The highest BCUT2D eigenvalue weighted by Gasteiger charge is 2.07. The minimum Gasteiger partial charge on any atom is -0.493 e. The van der Waals surface area contributed by atoms with Crippen LogP contribution in [0.3, 0.4) is 0 Å². The zero-order valence-electron chi connectivity index (χ0n) is 15.5. The van der Waals surface area contributed by atoms with Crippen LogP contribution < -0.4 is 20.5 Å². The molecule has 7 heteroatoms. The normalized spacial score (nSPS) is 11.3. The number of aryl methyl sites for hydroxylation is 1. The van der Waals surface area contributed by atoms with Crippen molar-refractivity contribution in [2.45, 2.75) is 13.5 Å².